The molecule has 0 aromatic rings. The van der Waals surface area contributed by atoms with Gasteiger partial charge < -0.3 is 15.7 Å². The van der Waals surface area contributed by atoms with Crippen molar-refractivity contribution in [2.24, 2.45) is 5.92 Å². The zero-order valence-corrected chi connectivity index (χ0v) is 10.7. The van der Waals surface area contributed by atoms with E-state index >= 15 is 0 Å². The second kappa shape index (κ2) is 5.36. The molecule has 2 rings (SSSR count). The number of aliphatic hydroxyl groups excluding tert-OH is 1. The van der Waals surface area contributed by atoms with Crippen LogP contribution in [0.1, 0.15) is 45.4 Å². The van der Waals surface area contributed by atoms with Crippen LogP contribution in [0.3, 0.4) is 0 Å². The fourth-order valence-corrected chi connectivity index (χ4v) is 2.48. The molecule has 0 aromatic carbocycles. The van der Waals surface area contributed by atoms with Gasteiger partial charge in [0.15, 0.2) is 0 Å². The largest absolute Gasteiger partial charge is 0.394 e. The van der Waals surface area contributed by atoms with E-state index in [2.05, 4.69) is 17.6 Å². The zero-order chi connectivity index (χ0) is 12.3. The maximum atomic E-state index is 11.6. The Kier molecular flexibility index (Phi) is 4.05. The second-order valence-corrected chi connectivity index (χ2v) is 5.82. The molecule has 0 unspecified atom stereocenters. The summed E-state index contributed by atoms with van der Waals surface area (Å²) >= 11 is 0. The molecule has 4 heteroatoms. The lowest BCUT2D eigenvalue weighted by Crippen LogP contribution is -2.53. The number of aliphatic hydroxyl groups is 1. The Bertz CT molecular complexity index is 269. The normalized spacial score (nSPS) is 33.4. The summed E-state index contributed by atoms with van der Waals surface area (Å²) in [6.45, 7) is 2.73. The van der Waals surface area contributed by atoms with Gasteiger partial charge in [0.2, 0.25) is 5.91 Å². The quantitative estimate of drug-likeness (QED) is 0.666. The third kappa shape index (κ3) is 3.68. The average molecular weight is 240 g/mol. The average Bonchev–Trinajstić information content (AvgIpc) is 3.13. The summed E-state index contributed by atoms with van der Waals surface area (Å²) in [4.78, 5) is 11.6. The van der Waals surface area contributed by atoms with Crippen molar-refractivity contribution in [1.29, 1.82) is 0 Å². The highest BCUT2D eigenvalue weighted by molar-refractivity contribution is 5.78. The van der Waals surface area contributed by atoms with E-state index in [4.69, 9.17) is 0 Å². The van der Waals surface area contributed by atoms with Gasteiger partial charge in [-0.15, -0.1) is 0 Å². The van der Waals surface area contributed by atoms with E-state index in [1.165, 1.54) is 0 Å². The standard InChI is InChI=1S/C13H24N2O2/c1-10-4-6-13(9-16,7-5-10)14-8-12(17)15-11-2-3-11/h10-11,14,16H,2-9H2,1H3,(H,15,17). The molecular formula is C13H24N2O2. The minimum absolute atomic E-state index is 0.0685. The van der Waals surface area contributed by atoms with Gasteiger partial charge in [-0.2, -0.15) is 0 Å². The van der Waals surface area contributed by atoms with Crippen molar-refractivity contribution in [2.45, 2.75) is 57.0 Å². The van der Waals surface area contributed by atoms with Crippen LogP contribution in [-0.4, -0.2) is 35.7 Å². The molecule has 0 aliphatic heterocycles. The van der Waals surface area contributed by atoms with Crippen molar-refractivity contribution in [3.05, 3.63) is 0 Å². The number of amides is 1. The summed E-state index contributed by atoms with van der Waals surface area (Å²) in [5.74, 6) is 0.815. The van der Waals surface area contributed by atoms with Crippen molar-refractivity contribution in [3.63, 3.8) is 0 Å². The molecule has 2 fully saturated rings. The molecule has 0 spiro atoms. The predicted octanol–water partition coefficient (Wildman–Crippen LogP) is 0.796. The van der Waals surface area contributed by atoms with Gasteiger partial charge in [-0.25, -0.2) is 0 Å². The lowest BCUT2D eigenvalue weighted by atomic mass is 9.77. The Labute approximate surface area is 103 Å². The summed E-state index contributed by atoms with van der Waals surface area (Å²) < 4.78 is 0. The Morgan fingerprint density at radius 2 is 1.94 bits per heavy atom. The number of hydrogen-bond donors (Lipinski definition) is 3. The summed E-state index contributed by atoms with van der Waals surface area (Å²) in [5.41, 5.74) is -0.215. The number of hydrogen-bond acceptors (Lipinski definition) is 3. The van der Waals surface area contributed by atoms with Gasteiger partial charge in [-0.05, 0) is 44.4 Å². The minimum Gasteiger partial charge on any atom is -0.394 e. The molecule has 1 amide bonds. The van der Waals surface area contributed by atoms with E-state index in [0.717, 1.165) is 44.4 Å². The number of rotatable bonds is 5. The van der Waals surface area contributed by atoms with Crippen molar-refractivity contribution in [3.8, 4) is 0 Å². The predicted molar refractivity (Wildman–Crippen MR) is 66.6 cm³/mol. The fourth-order valence-electron chi connectivity index (χ4n) is 2.48. The molecule has 0 bridgehead atoms. The molecule has 2 aliphatic carbocycles. The van der Waals surface area contributed by atoms with E-state index in [1.54, 1.807) is 0 Å². The first-order valence-corrected chi connectivity index (χ1v) is 6.79. The molecule has 0 atom stereocenters. The third-order valence-electron chi connectivity index (χ3n) is 4.10. The Morgan fingerprint density at radius 1 is 1.29 bits per heavy atom. The maximum Gasteiger partial charge on any atom is 0.234 e. The van der Waals surface area contributed by atoms with Crippen LogP contribution in [0.2, 0.25) is 0 Å². The monoisotopic (exact) mass is 240 g/mol. The first kappa shape index (κ1) is 12.8. The van der Waals surface area contributed by atoms with Gasteiger partial charge in [0.25, 0.3) is 0 Å². The molecule has 0 aromatic heterocycles. The van der Waals surface area contributed by atoms with Gasteiger partial charge in [0.1, 0.15) is 0 Å². The Hall–Kier alpha value is -0.610. The van der Waals surface area contributed by atoms with Gasteiger partial charge in [-0.3, -0.25) is 4.79 Å². The van der Waals surface area contributed by atoms with Gasteiger partial charge in [0, 0.05) is 11.6 Å². The zero-order valence-electron chi connectivity index (χ0n) is 10.7. The van der Waals surface area contributed by atoms with Crippen LogP contribution in [0.15, 0.2) is 0 Å². The first-order valence-electron chi connectivity index (χ1n) is 6.79. The molecular weight excluding hydrogens is 216 g/mol. The molecule has 4 nitrogen and oxygen atoms in total. The van der Waals surface area contributed by atoms with Crippen molar-refractivity contribution in [2.75, 3.05) is 13.2 Å². The van der Waals surface area contributed by atoms with Gasteiger partial charge >= 0.3 is 0 Å². The van der Waals surface area contributed by atoms with Gasteiger partial charge in [0.05, 0.1) is 13.2 Å². The van der Waals surface area contributed by atoms with E-state index in [9.17, 15) is 9.90 Å². The summed E-state index contributed by atoms with van der Waals surface area (Å²) in [7, 11) is 0. The molecule has 0 heterocycles. The van der Waals surface area contributed by atoms with Crippen molar-refractivity contribution >= 4 is 5.91 Å². The van der Waals surface area contributed by atoms with Crippen LogP contribution >= 0.6 is 0 Å². The van der Waals surface area contributed by atoms with Crippen LogP contribution in [-0.2, 0) is 4.79 Å². The second-order valence-electron chi connectivity index (χ2n) is 5.82. The highest BCUT2D eigenvalue weighted by atomic mass is 16.3. The number of carbonyl (C=O) groups excluding carboxylic acids is 1. The van der Waals surface area contributed by atoms with E-state index in [1.807, 2.05) is 0 Å². The maximum absolute atomic E-state index is 11.6. The Morgan fingerprint density at radius 3 is 2.47 bits per heavy atom. The molecule has 98 valence electrons. The highest BCUT2D eigenvalue weighted by Gasteiger charge is 2.34. The summed E-state index contributed by atoms with van der Waals surface area (Å²) in [6.07, 6.45) is 6.46. The van der Waals surface area contributed by atoms with Crippen molar-refractivity contribution < 1.29 is 9.90 Å². The van der Waals surface area contributed by atoms with Crippen LogP contribution in [0, 0.1) is 5.92 Å². The lowest BCUT2D eigenvalue weighted by Gasteiger charge is -2.38. The highest BCUT2D eigenvalue weighted by Crippen LogP contribution is 2.31. The van der Waals surface area contributed by atoms with Crippen LogP contribution in [0.4, 0.5) is 0 Å². The molecule has 3 N–H and O–H groups in total. The van der Waals surface area contributed by atoms with Gasteiger partial charge in [-0.1, -0.05) is 6.92 Å². The summed E-state index contributed by atoms with van der Waals surface area (Å²) in [5, 5.41) is 15.8. The fraction of sp³-hybridized carbons (Fsp3) is 0.923. The number of nitrogens with one attached hydrogen (secondary N) is 2. The first-order chi connectivity index (χ1) is 8.13. The summed E-state index contributed by atoms with van der Waals surface area (Å²) in [6, 6.07) is 0.417. The number of carbonyl (C=O) groups is 1. The van der Waals surface area contributed by atoms with Crippen LogP contribution in [0.5, 0.6) is 0 Å². The topological polar surface area (TPSA) is 61.4 Å². The van der Waals surface area contributed by atoms with E-state index < -0.39 is 0 Å². The smallest absolute Gasteiger partial charge is 0.234 e. The Balaban J connectivity index is 1.75. The molecule has 0 saturated heterocycles. The lowest BCUT2D eigenvalue weighted by molar-refractivity contribution is -0.121. The molecule has 2 aliphatic rings. The SMILES string of the molecule is CC1CCC(CO)(NCC(=O)NC2CC2)CC1. The van der Waals surface area contributed by atoms with E-state index in [0.29, 0.717) is 12.6 Å². The van der Waals surface area contributed by atoms with Crippen molar-refractivity contribution in [1.82, 2.24) is 10.6 Å². The molecule has 0 radical (unpaired) electrons. The van der Waals surface area contributed by atoms with Crippen LogP contribution in [0.25, 0.3) is 0 Å². The molecule has 17 heavy (non-hydrogen) atoms. The minimum atomic E-state index is -0.215. The van der Waals surface area contributed by atoms with E-state index in [-0.39, 0.29) is 18.1 Å². The molecule has 2 saturated carbocycles. The third-order valence-corrected chi connectivity index (χ3v) is 4.10. The van der Waals surface area contributed by atoms with Crippen LogP contribution < -0.4 is 10.6 Å².